The Morgan fingerprint density at radius 3 is 1.38 bits per heavy atom. The van der Waals surface area contributed by atoms with Crippen molar-refractivity contribution in [3.63, 3.8) is 0 Å². The van der Waals surface area contributed by atoms with Gasteiger partial charge in [0, 0.05) is 0 Å². The topological polar surface area (TPSA) is 9.23 Å². The van der Waals surface area contributed by atoms with Crippen LogP contribution in [0.2, 0.25) is 12.1 Å². The van der Waals surface area contributed by atoms with Gasteiger partial charge >= 0.3 is 0 Å². The molecule has 0 N–H and O–H groups in total. The van der Waals surface area contributed by atoms with E-state index in [9.17, 15) is 0 Å². The molecule has 32 heavy (non-hydrogen) atoms. The van der Waals surface area contributed by atoms with Gasteiger partial charge in [0.25, 0.3) is 8.32 Å². The van der Waals surface area contributed by atoms with Crippen LogP contribution in [0.1, 0.15) is 104 Å². The van der Waals surface area contributed by atoms with Crippen molar-refractivity contribution in [2.75, 3.05) is 0 Å². The van der Waals surface area contributed by atoms with Gasteiger partial charge in [-0.1, -0.05) is 152 Å². The Balaban J connectivity index is 2.03. The second kappa shape index (κ2) is 17.0. The first kappa shape index (κ1) is 26.7. The van der Waals surface area contributed by atoms with Crippen molar-refractivity contribution in [2.45, 2.75) is 116 Å². The van der Waals surface area contributed by atoms with Crippen LogP contribution in [0.25, 0.3) is 0 Å². The Morgan fingerprint density at radius 1 is 0.500 bits per heavy atom. The summed E-state index contributed by atoms with van der Waals surface area (Å²) < 4.78 is 7.01. The van der Waals surface area contributed by atoms with Gasteiger partial charge in [-0.3, -0.25) is 0 Å². The molecule has 0 aromatic heterocycles. The third-order valence-electron chi connectivity index (χ3n) is 6.72. The number of hydrogen-bond donors (Lipinski definition) is 0. The van der Waals surface area contributed by atoms with Crippen molar-refractivity contribution in [1.29, 1.82) is 0 Å². The summed E-state index contributed by atoms with van der Waals surface area (Å²) in [5, 5.41) is 1.49. The lowest BCUT2D eigenvalue weighted by molar-refractivity contribution is 0.522. The lowest BCUT2D eigenvalue weighted by atomic mass is 10.1. The second-order valence-electron chi connectivity index (χ2n) is 9.52. The Bertz CT molecular complexity index is 672. The van der Waals surface area contributed by atoms with E-state index in [1.165, 1.54) is 107 Å². The van der Waals surface area contributed by atoms with Crippen molar-refractivity contribution >= 4 is 13.5 Å². The fourth-order valence-corrected chi connectivity index (χ4v) is 8.94. The van der Waals surface area contributed by atoms with E-state index in [0.717, 1.165) is 5.75 Å². The van der Waals surface area contributed by atoms with E-state index in [1.807, 2.05) is 0 Å². The fraction of sp³-hybridized carbons (Fsp3) is 0.600. The van der Waals surface area contributed by atoms with Crippen LogP contribution in [-0.4, -0.2) is 8.32 Å². The minimum Gasteiger partial charge on any atom is -0.539 e. The van der Waals surface area contributed by atoms with E-state index in [0.29, 0.717) is 0 Å². The zero-order chi connectivity index (χ0) is 22.7. The van der Waals surface area contributed by atoms with Crippen molar-refractivity contribution in [3.8, 4) is 5.75 Å². The Hall–Kier alpha value is -1.54. The first-order valence-electron chi connectivity index (χ1n) is 13.6. The number of rotatable bonds is 19. The molecule has 178 valence electrons. The van der Waals surface area contributed by atoms with Crippen LogP contribution in [0.3, 0.4) is 0 Å². The average Bonchev–Trinajstić information content (AvgIpc) is 2.84. The highest BCUT2D eigenvalue weighted by atomic mass is 28.4. The quantitative estimate of drug-likeness (QED) is 0.152. The summed E-state index contributed by atoms with van der Waals surface area (Å²) in [5.41, 5.74) is 0. The summed E-state index contributed by atoms with van der Waals surface area (Å²) in [4.78, 5) is 0. The molecule has 0 amide bonds. The van der Waals surface area contributed by atoms with Gasteiger partial charge in [0.05, 0.1) is 0 Å². The third kappa shape index (κ3) is 10.4. The standard InChI is InChI=1S/C30H48OSi/c1-3-5-7-9-11-12-14-22-28-32(30-25-19-16-20-26-30,27-21-13-10-8-6-4-2)31-29-23-17-15-18-24-29/h15-20,23-26H,3-14,21-22,27-28H2,1-2H3. The van der Waals surface area contributed by atoms with E-state index >= 15 is 0 Å². The molecule has 2 aromatic rings. The van der Waals surface area contributed by atoms with Gasteiger partial charge in [-0.15, -0.1) is 0 Å². The summed E-state index contributed by atoms with van der Waals surface area (Å²) in [7, 11) is -2.06. The number of unbranched alkanes of at least 4 members (excludes halogenated alkanes) is 12. The summed E-state index contributed by atoms with van der Waals surface area (Å²) in [6.45, 7) is 4.59. The molecule has 0 aliphatic rings. The van der Waals surface area contributed by atoms with Crippen molar-refractivity contribution < 1.29 is 4.43 Å². The molecule has 0 bridgehead atoms. The number of benzene rings is 2. The summed E-state index contributed by atoms with van der Waals surface area (Å²) in [5.74, 6) is 1.06. The molecule has 1 unspecified atom stereocenters. The first-order valence-corrected chi connectivity index (χ1v) is 15.9. The maximum atomic E-state index is 7.01. The summed E-state index contributed by atoms with van der Waals surface area (Å²) in [6.07, 6.45) is 19.1. The van der Waals surface area contributed by atoms with E-state index in [4.69, 9.17) is 4.43 Å². The maximum absolute atomic E-state index is 7.01. The van der Waals surface area contributed by atoms with Crippen molar-refractivity contribution in [2.24, 2.45) is 0 Å². The van der Waals surface area contributed by atoms with Crippen molar-refractivity contribution in [3.05, 3.63) is 60.7 Å². The zero-order valence-corrected chi connectivity index (χ0v) is 22.0. The minimum atomic E-state index is -2.06. The molecule has 0 aliphatic carbocycles. The third-order valence-corrected chi connectivity index (χ3v) is 11.1. The predicted molar refractivity (Wildman–Crippen MR) is 144 cm³/mol. The molecule has 0 radical (unpaired) electrons. The molecule has 0 heterocycles. The first-order chi connectivity index (χ1) is 15.8. The second-order valence-corrected chi connectivity index (χ2v) is 13.3. The van der Waals surface area contributed by atoms with Crippen LogP contribution in [0.5, 0.6) is 5.75 Å². The molecular weight excluding hydrogens is 404 g/mol. The highest BCUT2D eigenvalue weighted by molar-refractivity contribution is 6.87. The van der Waals surface area contributed by atoms with Gasteiger partial charge in [-0.05, 0) is 29.4 Å². The van der Waals surface area contributed by atoms with E-state index < -0.39 is 8.32 Å². The summed E-state index contributed by atoms with van der Waals surface area (Å²) >= 11 is 0. The Labute approximate surface area is 200 Å². The highest BCUT2D eigenvalue weighted by Gasteiger charge is 2.38. The van der Waals surface area contributed by atoms with E-state index in [1.54, 1.807) is 0 Å². The Morgan fingerprint density at radius 2 is 0.906 bits per heavy atom. The van der Waals surface area contributed by atoms with Crippen molar-refractivity contribution in [1.82, 2.24) is 0 Å². The average molecular weight is 453 g/mol. The molecule has 0 saturated heterocycles. The monoisotopic (exact) mass is 452 g/mol. The number of para-hydroxylation sites is 1. The van der Waals surface area contributed by atoms with E-state index in [-0.39, 0.29) is 0 Å². The van der Waals surface area contributed by atoms with Crippen LogP contribution in [-0.2, 0) is 0 Å². The SMILES string of the molecule is CCCCCCCCCC[Si](CCCCCCCC)(Oc1ccccc1)c1ccccc1. The highest BCUT2D eigenvalue weighted by Crippen LogP contribution is 2.28. The lowest BCUT2D eigenvalue weighted by Crippen LogP contribution is -2.53. The lowest BCUT2D eigenvalue weighted by Gasteiger charge is -2.33. The van der Waals surface area contributed by atoms with Gasteiger partial charge < -0.3 is 4.43 Å². The molecule has 0 fully saturated rings. The molecule has 1 atom stereocenters. The largest absolute Gasteiger partial charge is 0.539 e. The maximum Gasteiger partial charge on any atom is 0.282 e. The summed E-state index contributed by atoms with van der Waals surface area (Å²) in [6, 6.07) is 24.4. The van der Waals surface area contributed by atoms with Gasteiger partial charge in [-0.25, -0.2) is 0 Å². The molecule has 0 saturated carbocycles. The van der Waals surface area contributed by atoms with Gasteiger partial charge in [0.15, 0.2) is 0 Å². The predicted octanol–water partition coefficient (Wildman–Crippen LogP) is 9.42. The number of hydrogen-bond acceptors (Lipinski definition) is 1. The van der Waals surface area contributed by atoms with Crippen LogP contribution < -0.4 is 9.61 Å². The minimum absolute atomic E-state index is 1.06. The Kier molecular flexibility index (Phi) is 14.2. The van der Waals surface area contributed by atoms with E-state index in [2.05, 4.69) is 74.5 Å². The molecule has 2 heteroatoms. The van der Waals surface area contributed by atoms with Crippen LogP contribution in [0, 0.1) is 0 Å². The van der Waals surface area contributed by atoms with Gasteiger partial charge in [-0.2, -0.15) is 0 Å². The van der Waals surface area contributed by atoms with Crippen LogP contribution >= 0.6 is 0 Å². The molecule has 1 nitrogen and oxygen atoms in total. The normalized spacial score (nSPS) is 13.1. The zero-order valence-electron chi connectivity index (χ0n) is 21.0. The fourth-order valence-electron chi connectivity index (χ4n) is 4.77. The van der Waals surface area contributed by atoms with Gasteiger partial charge in [0.2, 0.25) is 0 Å². The molecule has 0 spiro atoms. The molecule has 0 aliphatic heterocycles. The molecular formula is C30H48OSi. The molecule has 2 rings (SSSR count). The van der Waals surface area contributed by atoms with Gasteiger partial charge in [0.1, 0.15) is 5.75 Å². The smallest absolute Gasteiger partial charge is 0.282 e. The van der Waals surface area contributed by atoms with Crippen LogP contribution in [0.4, 0.5) is 0 Å². The molecule has 2 aromatic carbocycles. The van der Waals surface area contributed by atoms with Crippen LogP contribution in [0.15, 0.2) is 60.7 Å².